The number of hydrogen-bond acceptors (Lipinski definition) is 3. The molecule has 3 heteroatoms. The lowest BCUT2D eigenvalue weighted by molar-refractivity contribution is 0.169. The van der Waals surface area contributed by atoms with E-state index in [-0.39, 0.29) is 0 Å². The molecule has 1 aliphatic heterocycles. The molecule has 0 aliphatic carbocycles. The van der Waals surface area contributed by atoms with Crippen molar-refractivity contribution in [1.82, 2.24) is 10.2 Å². The van der Waals surface area contributed by atoms with Crippen molar-refractivity contribution in [2.75, 3.05) is 33.3 Å². The van der Waals surface area contributed by atoms with Gasteiger partial charge < -0.3 is 10.1 Å². The summed E-state index contributed by atoms with van der Waals surface area (Å²) in [5.74, 6) is 0.980. The van der Waals surface area contributed by atoms with E-state index in [4.69, 9.17) is 4.74 Å². The van der Waals surface area contributed by atoms with Gasteiger partial charge in [0.25, 0.3) is 0 Å². The van der Waals surface area contributed by atoms with E-state index in [1.165, 1.54) is 11.1 Å². The number of nitrogens with one attached hydrogen (secondary N) is 1. The Morgan fingerprint density at radius 1 is 1.33 bits per heavy atom. The highest BCUT2D eigenvalue weighted by molar-refractivity contribution is 5.37. The molecule has 1 atom stereocenters. The van der Waals surface area contributed by atoms with E-state index in [9.17, 15) is 0 Å². The van der Waals surface area contributed by atoms with Crippen LogP contribution in [0.5, 0.6) is 5.75 Å². The van der Waals surface area contributed by atoms with E-state index in [0.717, 1.165) is 38.3 Å². The van der Waals surface area contributed by atoms with E-state index in [1.54, 1.807) is 7.11 Å². The molecule has 1 saturated heterocycles. The highest BCUT2D eigenvalue weighted by atomic mass is 16.5. The lowest BCUT2D eigenvalue weighted by Crippen LogP contribution is -2.45. The second-order valence-electron chi connectivity index (χ2n) is 4.94. The standard InChI is InChI=1S/C15H24N2O/c1-4-14(17-9-7-16-8-10-17)13-5-6-15(18-3)12(2)11-13/h5-6,11,14,16H,4,7-10H2,1-3H3. The first-order chi connectivity index (χ1) is 8.76. The van der Waals surface area contributed by atoms with Crippen molar-refractivity contribution in [1.29, 1.82) is 0 Å². The first-order valence-corrected chi connectivity index (χ1v) is 6.85. The average molecular weight is 248 g/mol. The van der Waals surface area contributed by atoms with E-state index >= 15 is 0 Å². The van der Waals surface area contributed by atoms with Crippen molar-refractivity contribution in [3.8, 4) is 5.75 Å². The second kappa shape index (κ2) is 6.21. The van der Waals surface area contributed by atoms with Crippen LogP contribution in [0.25, 0.3) is 0 Å². The summed E-state index contributed by atoms with van der Waals surface area (Å²) in [6.45, 7) is 8.88. The largest absolute Gasteiger partial charge is 0.496 e. The lowest BCUT2D eigenvalue weighted by Gasteiger charge is -2.35. The van der Waals surface area contributed by atoms with Crippen LogP contribution in [0.3, 0.4) is 0 Å². The number of piperazine rings is 1. The smallest absolute Gasteiger partial charge is 0.121 e. The maximum atomic E-state index is 5.34. The second-order valence-corrected chi connectivity index (χ2v) is 4.94. The fraction of sp³-hybridized carbons (Fsp3) is 0.600. The van der Waals surface area contributed by atoms with Gasteiger partial charge >= 0.3 is 0 Å². The lowest BCUT2D eigenvalue weighted by atomic mass is 9.99. The number of nitrogens with zero attached hydrogens (tertiary/aromatic N) is 1. The Balaban J connectivity index is 2.18. The Hall–Kier alpha value is -1.06. The van der Waals surface area contributed by atoms with Gasteiger partial charge in [0.1, 0.15) is 5.75 Å². The number of benzene rings is 1. The van der Waals surface area contributed by atoms with Gasteiger partial charge in [0.2, 0.25) is 0 Å². The van der Waals surface area contributed by atoms with E-state index in [1.807, 2.05) is 0 Å². The Kier molecular flexibility index (Phi) is 4.61. The van der Waals surface area contributed by atoms with Gasteiger partial charge in [0.05, 0.1) is 7.11 Å². The summed E-state index contributed by atoms with van der Waals surface area (Å²) >= 11 is 0. The first-order valence-electron chi connectivity index (χ1n) is 6.85. The van der Waals surface area contributed by atoms with Crippen LogP contribution in [-0.2, 0) is 0 Å². The van der Waals surface area contributed by atoms with Gasteiger partial charge in [0.15, 0.2) is 0 Å². The molecule has 1 aromatic carbocycles. The molecule has 0 amide bonds. The van der Waals surface area contributed by atoms with Gasteiger partial charge in [0, 0.05) is 32.2 Å². The highest BCUT2D eigenvalue weighted by Crippen LogP contribution is 2.28. The molecule has 0 aromatic heterocycles. The molecule has 1 heterocycles. The number of hydrogen-bond donors (Lipinski definition) is 1. The van der Waals surface area contributed by atoms with Gasteiger partial charge in [-0.15, -0.1) is 0 Å². The first kappa shape index (κ1) is 13.4. The topological polar surface area (TPSA) is 24.5 Å². The molecule has 18 heavy (non-hydrogen) atoms. The Bertz CT molecular complexity index is 386. The molecule has 2 rings (SSSR count). The van der Waals surface area contributed by atoms with Gasteiger partial charge in [-0.3, -0.25) is 4.90 Å². The molecule has 1 N–H and O–H groups in total. The minimum Gasteiger partial charge on any atom is -0.496 e. The molecule has 0 saturated carbocycles. The third-order valence-corrected chi connectivity index (χ3v) is 3.78. The Labute approximate surface area is 110 Å². The van der Waals surface area contributed by atoms with Crippen LogP contribution >= 0.6 is 0 Å². The predicted octanol–water partition coefficient (Wildman–Crippen LogP) is 2.36. The normalized spacial score (nSPS) is 18.6. The molecule has 1 unspecified atom stereocenters. The fourth-order valence-corrected chi connectivity index (χ4v) is 2.81. The van der Waals surface area contributed by atoms with Crippen LogP contribution in [0.4, 0.5) is 0 Å². The monoisotopic (exact) mass is 248 g/mol. The molecule has 0 bridgehead atoms. The summed E-state index contributed by atoms with van der Waals surface area (Å²) in [4.78, 5) is 2.58. The summed E-state index contributed by atoms with van der Waals surface area (Å²) in [5, 5.41) is 3.41. The molecule has 1 fully saturated rings. The molecule has 1 aliphatic rings. The SMILES string of the molecule is CCC(c1ccc(OC)c(C)c1)N1CCNCC1. The quantitative estimate of drug-likeness (QED) is 0.885. The average Bonchev–Trinajstić information content (AvgIpc) is 2.41. The third-order valence-electron chi connectivity index (χ3n) is 3.78. The minimum atomic E-state index is 0.539. The maximum absolute atomic E-state index is 5.34. The summed E-state index contributed by atoms with van der Waals surface area (Å²) in [6.07, 6.45) is 1.16. The molecule has 3 nitrogen and oxygen atoms in total. The summed E-state index contributed by atoms with van der Waals surface area (Å²) in [5.41, 5.74) is 2.64. The van der Waals surface area contributed by atoms with E-state index in [2.05, 4.69) is 42.3 Å². The number of aryl methyl sites for hydroxylation is 1. The zero-order chi connectivity index (χ0) is 13.0. The van der Waals surface area contributed by atoms with Crippen LogP contribution in [-0.4, -0.2) is 38.2 Å². The number of rotatable bonds is 4. The van der Waals surface area contributed by atoms with Crippen molar-refractivity contribution in [3.05, 3.63) is 29.3 Å². The van der Waals surface area contributed by atoms with Crippen LogP contribution < -0.4 is 10.1 Å². The van der Waals surface area contributed by atoms with E-state index < -0.39 is 0 Å². The van der Waals surface area contributed by atoms with Crippen molar-refractivity contribution >= 4 is 0 Å². The van der Waals surface area contributed by atoms with Crippen LogP contribution in [0, 0.1) is 6.92 Å². The zero-order valence-corrected chi connectivity index (χ0v) is 11.7. The number of methoxy groups -OCH3 is 1. The fourth-order valence-electron chi connectivity index (χ4n) is 2.81. The van der Waals surface area contributed by atoms with Gasteiger partial charge in [-0.2, -0.15) is 0 Å². The van der Waals surface area contributed by atoms with Crippen LogP contribution in [0.2, 0.25) is 0 Å². The van der Waals surface area contributed by atoms with Gasteiger partial charge in [-0.05, 0) is 30.5 Å². The molecule has 0 radical (unpaired) electrons. The Morgan fingerprint density at radius 3 is 2.61 bits per heavy atom. The predicted molar refractivity (Wildman–Crippen MR) is 75.2 cm³/mol. The van der Waals surface area contributed by atoms with Crippen molar-refractivity contribution in [2.24, 2.45) is 0 Å². The summed E-state index contributed by atoms with van der Waals surface area (Å²) in [7, 11) is 1.73. The van der Waals surface area contributed by atoms with E-state index in [0.29, 0.717) is 6.04 Å². The molecule has 100 valence electrons. The van der Waals surface area contributed by atoms with Crippen LogP contribution in [0.15, 0.2) is 18.2 Å². The third kappa shape index (κ3) is 2.85. The Morgan fingerprint density at radius 2 is 2.06 bits per heavy atom. The van der Waals surface area contributed by atoms with Crippen molar-refractivity contribution in [2.45, 2.75) is 26.3 Å². The van der Waals surface area contributed by atoms with Crippen LogP contribution in [0.1, 0.15) is 30.5 Å². The van der Waals surface area contributed by atoms with Crippen molar-refractivity contribution in [3.63, 3.8) is 0 Å². The summed E-state index contributed by atoms with van der Waals surface area (Å²) in [6, 6.07) is 7.11. The maximum Gasteiger partial charge on any atom is 0.121 e. The molecule has 1 aromatic rings. The van der Waals surface area contributed by atoms with Gasteiger partial charge in [-0.1, -0.05) is 19.1 Å². The number of ether oxygens (including phenoxy) is 1. The molecule has 0 spiro atoms. The summed E-state index contributed by atoms with van der Waals surface area (Å²) < 4.78 is 5.34. The molecular weight excluding hydrogens is 224 g/mol. The minimum absolute atomic E-state index is 0.539. The highest BCUT2D eigenvalue weighted by Gasteiger charge is 2.20. The zero-order valence-electron chi connectivity index (χ0n) is 11.7. The van der Waals surface area contributed by atoms with Crippen molar-refractivity contribution < 1.29 is 4.74 Å². The van der Waals surface area contributed by atoms with Gasteiger partial charge in [-0.25, -0.2) is 0 Å². The molecular formula is C15H24N2O.